The number of fused-ring (bicyclic) bond motifs is 1. The minimum Gasteiger partial charge on any atom is -0.312 e. The molecular weight excluding hydrogens is 335 g/mol. The number of aryl methyl sites for hydroxylation is 1. The molecule has 0 unspecified atom stereocenters. The average molecular weight is 352 g/mol. The van der Waals surface area contributed by atoms with E-state index in [1.165, 1.54) is 23.5 Å². The van der Waals surface area contributed by atoms with E-state index in [2.05, 4.69) is 4.98 Å². The first-order chi connectivity index (χ1) is 12.2. The van der Waals surface area contributed by atoms with Gasteiger partial charge in [-0.2, -0.15) is 0 Å². The van der Waals surface area contributed by atoms with Gasteiger partial charge in [0.25, 0.3) is 0 Å². The summed E-state index contributed by atoms with van der Waals surface area (Å²) in [7, 11) is 0. The summed E-state index contributed by atoms with van der Waals surface area (Å²) in [5, 5.41) is 2.84. The van der Waals surface area contributed by atoms with E-state index in [9.17, 15) is 9.18 Å². The number of rotatable bonds is 3. The highest BCUT2D eigenvalue weighted by molar-refractivity contribution is 7.13. The molecule has 0 aliphatic carbocycles. The Morgan fingerprint density at radius 3 is 2.88 bits per heavy atom. The van der Waals surface area contributed by atoms with Crippen LogP contribution in [-0.4, -0.2) is 17.4 Å². The molecule has 2 aromatic carbocycles. The molecule has 1 aliphatic heterocycles. The second-order valence-electron chi connectivity index (χ2n) is 6.11. The topological polar surface area (TPSA) is 33.2 Å². The van der Waals surface area contributed by atoms with Gasteiger partial charge >= 0.3 is 0 Å². The summed E-state index contributed by atoms with van der Waals surface area (Å²) in [6.45, 7) is 0.630. The van der Waals surface area contributed by atoms with Crippen LogP contribution in [-0.2, 0) is 17.6 Å². The number of hydrogen-bond acceptors (Lipinski definition) is 3. The molecule has 4 rings (SSSR count). The molecule has 3 nitrogen and oxygen atoms in total. The van der Waals surface area contributed by atoms with E-state index in [-0.39, 0.29) is 18.1 Å². The Hall–Kier alpha value is -2.53. The standard InChI is InChI=1S/C20H17FN2OS/c21-16-9-8-14-7-4-10-23(18(14)11-16)19(24)12-17-13-25-20(22-17)15-5-2-1-3-6-15/h1-3,5-6,8-9,11,13H,4,7,10,12H2. The summed E-state index contributed by atoms with van der Waals surface area (Å²) in [4.78, 5) is 19.0. The molecule has 0 saturated carbocycles. The van der Waals surface area contributed by atoms with Crippen LogP contribution in [0.3, 0.4) is 0 Å². The van der Waals surface area contributed by atoms with Gasteiger partial charge in [0.05, 0.1) is 12.1 Å². The van der Waals surface area contributed by atoms with Gasteiger partial charge in [-0.1, -0.05) is 36.4 Å². The largest absolute Gasteiger partial charge is 0.312 e. The Bertz CT molecular complexity index is 907. The molecule has 0 radical (unpaired) electrons. The number of benzene rings is 2. The fourth-order valence-electron chi connectivity index (χ4n) is 3.16. The Morgan fingerprint density at radius 1 is 1.20 bits per heavy atom. The normalized spacial score (nSPS) is 13.6. The lowest BCUT2D eigenvalue weighted by atomic mass is 10.0. The maximum atomic E-state index is 13.6. The van der Waals surface area contributed by atoms with Crippen molar-refractivity contribution in [2.75, 3.05) is 11.4 Å². The number of amides is 1. The van der Waals surface area contributed by atoms with Crippen LogP contribution in [0.15, 0.2) is 53.9 Å². The first-order valence-electron chi connectivity index (χ1n) is 8.29. The van der Waals surface area contributed by atoms with E-state index < -0.39 is 0 Å². The number of anilines is 1. The molecule has 3 aromatic rings. The van der Waals surface area contributed by atoms with Crippen molar-refractivity contribution in [1.29, 1.82) is 0 Å². The van der Waals surface area contributed by atoms with Gasteiger partial charge in [0, 0.05) is 23.2 Å². The zero-order valence-electron chi connectivity index (χ0n) is 13.6. The fraction of sp³-hybridized carbons (Fsp3) is 0.200. The Morgan fingerprint density at radius 2 is 2.04 bits per heavy atom. The third kappa shape index (κ3) is 3.33. The lowest BCUT2D eigenvalue weighted by Crippen LogP contribution is -2.36. The molecule has 0 saturated heterocycles. The van der Waals surface area contributed by atoms with Gasteiger partial charge in [-0.3, -0.25) is 4.79 Å². The van der Waals surface area contributed by atoms with Gasteiger partial charge in [0.2, 0.25) is 5.91 Å². The number of hydrogen-bond donors (Lipinski definition) is 0. The molecule has 0 bridgehead atoms. The van der Waals surface area contributed by atoms with Crippen LogP contribution in [0, 0.1) is 5.82 Å². The minimum atomic E-state index is -0.307. The molecule has 1 amide bonds. The number of carbonyl (C=O) groups is 1. The Kier molecular flexibility index (Phi) is 4.32. The van der Waals surface area contributed by atoms with E-state index in [0.717, 1.165) is 34.7 Å². The van der Waals surface area contributed by atoms with Crippen LogP contribution in [0.1, 0.15) is 17.7 Å². The highest BCUT2D eigenvalue weighted by Crippen LogP contribution is 2.29. The first-order valence-corrected chi connectivity index (χ1v) is 9.17. The summed E-state index contributed by atoms with van der Waals surface area (Å²) in [5.74, 6) is -0.338. The van der Waals surface area contributed by atoms with Crippen molar-refractivity contribution >= 4 is 22.9 Å². The maximum Gasteiger partial charge on any atom is 0.233 e. The van der Waals surface area contributed by atoms with Gasteiger partial charge in [-0.05, 0) is 30.5 Å². The highest BCUT2D eigenvalue weighted by atomic mass is 32.1. The van der Waals surface area contributed by atoms with Crippen molar-refractivity contribution in [2.45, 2.75) is 19.3 Å². The van der Waals surface area contributed by atoms with Gasteiger partial charge in [0.1, 0.15) is 10.8 Å². The summed E-state index contributed by atoms with van der Waals surface area (Å²) < 4.78 is 13.6. The monoisotopic (exact) mass is 352 g/mol. The summed E-state index contributed by atoms with van der Waals surface area (Å²) >= 11 is 1.54. The Balaban J connectivity index is 1.54. The number of nitrogens with zero attached hydrogens (tertiary/aromatic N) is 2. The SMILES string of the molecule is O=C(Cc1csc(-c2ccccc2)n1)N1CCCc2ccc(F)cc21. The third-order valence-electron chi connectivity index (χ3n) is 4.37. The quantitative estimate of drug-likeness (QED) is 0.697. The van der Waals surface area contributed by atoms with E-state index in [1.54, 1.807) is 11.0 Å². The van der Waals surface area contributed by atoms with Crippen molar-refractivity contribution in [3.8, 4) is 10.6 Å². The van der Waals surface area contributed by atoms with Crippen molar-refractivity contribution < 1.29 is 9.18 Å². The highest BCUT2D eigenvalue weighted by Gasteiger charge is 2.23. The number of carbonyl (C=O) groups excluding carboxylic acids is 1. The molecule has 1 aromatic heterocycles. The number of halogens is 1. The molecule has 0 atom stereocenters. The van der Waals surface area contributed by atoms with Crippen LogP contribution in [0.2, 0.25) is 0 Å². The van der Waals surface area contributed by atoms with Crippen molar-refractivity contribution in [1.82, 2.24) is 4.98 Å². The Labute approximate surface area is 149 Å². The van der Waals surface area contributed by atoms with Gasteiger partial charge in [0.15, 0.2) is 0 Å². The van der Waals surface area contributed by atoms with Crippen LogP contribution in [0.4, 0.5) is 10.1 Å². The maximum absolute atomic E-state index is 13.6. The van der Waals surface area contributed by atoms with E-state index in [0.29, 0.717) is 12.2 Å². The second-order valence-corrected chi connectivity index (χ2v) is 6.97. The smallest absolute Gasteiger partial charge is 0.233 e. The molecule has 5 heteroatoms. The van der Waals surface area contributed by atoms with Crippen LogP contribution in [0.25, 0.3) is 10.6 Å². The van der Waals surface area contributed by atoms with Gasteiger partial charge < -0.3 is 4.90 Å². The lowest BCUT2D eigenvalue weighted by molar-refractivity contribution is -0.118. The average Bonchev–Trinajstić information content (AvgIpc) is 3.10. The summed E-state index contributed by atoms with van der Waals surface area (Å²) in [6, 6.07) is 14.6. The zero-order chi connectivity index (χ0) is 17.2. The molecule has 126 valence electrons. The van der Waals surface area contributed by atoms with E-state index in [1.807, 2.05) is 35.7 Å². The molecule has 25 heavy (non-hydrogen) atoms. The van der Waals surface area contributed by atoms with E-state index in [4.69, 9.17) is 0 Å². The number of aromatic nitrogens is 1. The minimum absolute atomic E-state index is 0.0311. The summed E-state index contributed by atoms with van der Waals surface area (Å²) in [5.41, 5.74) is 3.55. The van der Waals surface area contributed by atoms with Crippen LogP contribution >= 0.6 is 11.3 Å². The molecule has 0 fully saturated rings. The van der Waals surface area contributed by atoms with E-state index >= 15 is 0 Å². The zero-order valence-corrected chi connectivity index (χ0v) is 14.4. The number of thiazole rings is 1. The predicted molar refractivity (Wildman–Crippen MR) is 98.3 cm³/mol. The van der Waals surface area contributed by atoms with Gasteiger partial charge in [-0.15, -0.1) is 11.3 Å². The summed E-state index contributed by atoms with van der Waals surface area (Å²) in [6.07, 6.45) is 2.02. The fourth-order valence-corrected chi connectivity index (χ4v) is 3.98. The van der Waals surface area contributed by atoms with Crippen LogP contribution < -0.4 is 4.90 Å². The van der Waals surface area contributed by atoms with Crippen LogP contribution in [0.5, 0.6) is 0 Å². The molecule has 1 aliphatic rings. The lowest BCUT2D eigenvalue weighted by Gasteiger charge is -2.29. The van der Waals surface area contributed by atoms with Crippen molar-refractivity contribution in [2.24, 2.45) is 0 Å². The predicted octanol–water partition coefficient (Wildman–Crippen LogP) is 4.47. The van der Waals surface area contributed by atoms with Crippen molar-refractivity contribution in [3.05, 3.63) is 71.0 Å². The molecular formula is C20H17FN2OS. The van der Waals surface area contributed by atoms with Crippen molar-refractivity contribution in [3.63, 3.8) is 0 Å². The molecule has 2 heterocycles. The molecule has 0 N–H and O–H groups in total. The van der Waals surface area contributed by atoms with Gasteiger partial charge in [-0.25, -0.2) is 9.37 Å². The first kappa shape index (κ1) is 16.0. The second kappa shape index (κ2) is 6.76. The third-order valence-corrected chi connectivity index (χ3v) is 5.31. The molecule has 0 spiro atoms.